The molecule has 1 atom stereocenters. The smallest absolute Gasteiger partial charge is 0.169 e. The Labute approximate surface area is 101 Å². The van der Waals surface area contributed by atoms with Gasteiger partial charge in [-0.2, -0.15) is 0 Å². The lowest BCUT2D eigenvalue weighted by molar-refractivity contribution is 0.102. The van der Waals surface area contributed by atoms with E-state index in [4.69, 9.17) is 0 Å². The summed E-state index contributed by atoms with van der Waals surface area (Å²) >= 11 is 1.67. The van der Waals surface area contributed by atoms with Crippen LogP contribution in [0.1, 0.15) is 54.2 Å². The van der Waals surface area contributed by atoms with Crippen LogP contribution in [0.3, 0.4) is 0 Å². The maximum absolute atomic E-state index is 11.3. The summed E-state index contributed by atoms with van der Waals surface area (Å²) in [6.07, 6.45) is 2.51. The molecule has 0 amide bonds. The van der Waals surface area contributed by atoms with Crippen molar-refractivity contribution in [2.24, 2.45) is 0 Å². The minimum absolute atomic E-state index is 0.186. The van der Waals surface area contributed by atoms with E-state index >= 15 is 0 Å². The van der Waals surface area contributed by atoms with Gasteiger partial charge in [0.2, 0.25) is 0 Å². The molecule has 1 saturated heterocycles. The molecule has 1 aromatic rings. The summed E-state index contributed by atoms with van der Waals surface area (Å²) in [5.74, 6) is 0.186. The third-order valence-electron chi connectivity index (χ3n) is 3.26. The molecule has 16 heavy (non-hydrogen) atoms. The Morgan fingerprint density at radius 2 is 2.25 bits per heavy atom. The van der Waals surface area contributed by atoms with Crippen LogP contribution in [0.5, 0.6) is 0 Å². The zero-order chi connectivity index (χ0) is 11.7. The van der Waals surface area contributed by atoms with Crippen LogP contribution < -0.4 is 0 Å². The van der Waals surface area contributed by atoms with Crippen LogP contribution in [-0.4, -0.2) is 23.3 Å². The first-order valence-electron chi connectivity index (χ1n) is 5.96. The number of carbonyl (C=O) groups excluding carboxylic acids is 1. The Balaban J connectivity index is 2.19. The molecule has 1 aliphatic heterocycles. The molecule has 0 N–H and O–H groups in total. The molecule has 88 valence electrons. The quantitative estimate of drug-likeness (QED) is 0.750. The van der Waals surface area contributed by atoms with E-state index in [-0.39, 0.29) is 5.78 Å². The SMILES string of the molecule is CC(=O)c1ccc(C2CCCN2C(C)C)s1. The molecule has 3 heteroatoms. The van der Waals surface area contributed by atoms with E-state index in [2.05, 4.69) is 24.8 Å². The highest BCUT2D eigenvalue weighted by atomic mass is 32.1. The highest BCUT2D eigenvalue weighted by Gasteiger charge is 2.28. The summed E-state index contributed by atoms with van der Waals surface area (Å²) in [7, 11) is 0. The Bertz CT molecular complexity index is 383. The molecule has 0 aliphatic carbocycles. The number of hydrogen-bond donors (Lipinski definition) is 0. The Hall–Kier alpha value is -0.670. The van der Waals surface area contributed by atoms with Crippen molar-refractivity contribution in [3.05, 3.63) is 21.9 Å². The van der Waals surface area contributed by atoms with E-state index in [1.807, 2.05) is 6.07 Å². The number of nitrogens with zero attached hydrogens (tertiary/aromatic N) is 1. The maximum atomic E-state index is 11.3. The normalized spacial score (nSPS) is 21.9. The van der Waals surface area contributed by atoms with Gasteiger partial charge in [-0.3, -0.25) is 9.69 Å². The predicted octanol–water partition coefficient (Wildman–Crippen LogP) is 3.50. The van der Waals surface area contributed by atoms with Gasteiger partial charge in [-0.1, -0.05) is 0 Å². The van der Waals surface area contributed by atoms with Crippen LogP contribution in [-0.2, 0) is 0 Å². The first-order chi connectivity index (χ1) is 7.59. The Morgan fingerprint density at radius 1 is 1.50 bits per heavy atom. The number of carbonyl (C=O) groups is 1. The number of rotatable bonds is 3. The third-order valence-corrected chi connectivity index (χ3v) is 4.55. The maximum Gasteiger partial charge on any atom is 0.169 e. The van der Waals surface area contributed by atoms with Gasteiger partial charge in [0.15, 0.2) is 5.78 Å². The highest BCUT2D eigenvalue weighted by Crippen LogP contribution is 2.37. The number of ketones is 1. The van der Waals surface area contributed by atoms with Crippen molar-refractivity contribution < 1.29 is 4.79 Å². The van der Waals surface area contributed by atoms with Crippen LogP contribution in [0.2, 0.25) is 0 Å². The van der Waals surface area contributed by atoms with Gasteiger partial charge in [0.25, 0.3) is 0 Å². The van der Waals surface area contributed by atoms with E-state index in [1.54, 1.807) is 18.3 Å². The highest BCUT2D eigenvalue weighted by molar-refractivity contribution is 7.14. The molecule has 0 bridgehead atoms. The topological polar surface area (TPSA) is 20.3 Å². The standard InChI is InChI=1S/C13H19NOS/c1-9(2)14-8-4-5-11(14)13-7-6-12(16-13)10(3)15/h6-7,9,11H,4-5,8H2,1-3H3. The van der Waals surface area contributed by atoms with Crippen molar-refractivity contribution in [3.63, 3.8) is 0 Å². The molecule has 0 spiro atoms. The van der Waals surface area contributed by atoms with Crippen LogP contribution in [0, 0.1) is 0 Å². The van der Waals surface area contributed by atoms with Gasteiger partial charge in [-0.25, -0.2) is 0 Å². The fourth-order valence-corrected chi connectivity index (χ4v) is 3.49. The van der Waals surface area contributed by atoms with Gasteiger partial charge in [0, 0.05) is 17.0 Å². The fraction of sp³-hybridized carbons (Fsp3) is 0.615. The average Bonchev–Trinajstić information content (AvgIpc) is 2.86. The Kier molecular flexibility index (Phi) is 3.45. The molecule has 2 heterocycles. The number of hydrogen-bond acceptors (Lipinski definition) is 3. The van der Waals surface area contributed by atoms with Crippen LogP contribution in [0.15, 0.2) is 12.1 Å². The zero-order valence-electron chi connectivity index (χ0n) is 10.2. The van der Waals surface area contributed by atoms with Crippen LogP contribution in [0.25, 0.3) is 0 Å². The number of Topliss-reactive ketones (excluding diaryl/α,β-unsaturated/α-hetero) is 1. The molecule has 1 unspecified atom stereocenters. The largest absolute Gasteiger partial charge is 0.294 e. The molecule has 2 rings (SSSR count). The monoisotopic (exact) mass is 237 g/mol. The minimum Gasteiger partial charge on any atom is -0.294 e. The summed E-state index contributed by atoms with van der Waals surface area (Å²) < 4.78 is 0. The average molecular weight is 237 g/mol. The van der Waals surface area contributed by atoms with Crippen LogP contribution >= 0.6 is 11.3 Å². The number of likely N-dealkylation sites (tertiary alicyclic amines) is 1. The molecule has 1 fully saturated rings. The lowest BCUT2D eigenvalue weighted by Crippen LogP contribution is -2.29. The summed E-state index contributed by atoms with van der Waals surface area (Å²) in [5, 5.41) is 0. The van der Waals surface area contributed by atoms with Crippen molar-refractivity contribution >= 4 is 17.1 Å². The van der Waals surface area contributed by atoms with E-state index in [0.29, 0.717) is 12.1 Å². The minimum atomic E-state index is 0.186. The second kappa shape index (κ2) is 4.68. The molecule has 0 aromatic carbocycles. The molecule has 2 nitrogen and oxygen atoms in total. The van der Waals surface area contributed by atoms with Crippen molar-refractivity contribution in [1.29, 1.82) is 0 Å². The summed E-state index contributed by atoms with van der Waals surface area (Å²) in [6.45, 7) is 7.33. The fourth-order valence-electron chi connectivity index (χ4n) is 2.43. The summed E-state index contributed by atoms with van der Waals surface area (Å²) in [5.41, 5.74) is 0. The second-order valence-corrected chi connectivity index (χ2v) is 5.86. The third kappa shape index (κ3) is 2.20. The van der Waals surface area contributed by atoms with E-state index in [1.165, 1.54) is 24.3 Å². The van der Waals surface area contributed by atoms with Gasteiger partial charge in [0.1, 0.15) is 0 Å². The summed E-state index contributed by atoms with van der Waals surface area (Å²) in [4.78, 5) is 16.1. The van der Waals surface area contributed by atoms with E-state index in [0.717, 1.165) is 4.88 Å². The molecular formula is C13H19NOS. The first kappa shape index (κ1) is 11.8. The molecule has 0 radical (unpaired) electrons. The van der Waals surface area contributed by atoms with Gasteiger partial charge < -0.3 is 0 Å². The number of thiophene rings is 1. The van der Waals surface area contributed by atoms with E-state index < -0.39 is 0 Å². The molecular weight excluding hydrogens is 218 g/mol. The van der Waals surface area contributed by atoms with Gasteiger partial charge in [-0.15, -0.1) is 11.3 Å². The van der Waals surface area contributed by atoms with Crippen LogP contribution in [0.4, 0.5) is 0 Å². The van der Waals surface area contributed by atoms with Crippen molar-refractivity contribution in [3.8, 4) is 0 Å². The molecule has 1 aliphatic rings. The van der Waals surface area contributed by atoms with Crippen molar-refractivity contribution in [2.45, 2.75) is 45.7 Å². The lowest BCUT2D eigenvalue weighted by atomic mass is 10.1. The van der Waals surface area contributed by atoms with Crippen molar-refractivity contribution in [2.75, 3.05) is 6.54 Å². The second-order valence-electron chi connectivity index (χ2n) is 4.75. The Morgan fingerprint density at radius 3 is 2.81 bits per heavy atom. The van der Waals surface area contributed by atoms with E-state index in [9.17, 15) is 4.79 Å². The van der Waals surface area contributed by atoms with Gasteiger partial charge in [0.05, 0.1) is 4.88 Å². The van der Waals surface area contributed by atoms with Gasteiger partial charge >= 0.3 is 0 Å². The molecule has 0 saturated carbocycles. The zero-order valence-corrected chi connectivity index (χ0v) is 11.0. The molecule has 1 aromatic heterocycles. The van der Waals surface area contributed by atoms with Gasteiger partial charge in [-0.05, 0) is 52.3 Å². The van der Waals surface area contributed by atoms with Crippen molar-refractivity contribution in [1.82, 2.24) is 4.90 Å². The predicted molar refractivity (Wildman–Crippen MR) is 68.1 cm³/mol. The summed E-state index contributed by atoms with van der Waals surface area (Å²) in [6, 6.07) is 5.24. The lowest BCUT2D eigenvalue weighted by Gasteiger charge is -2.27. The first-order valence-corrected chi connectivity index (χ1v) is 6.77.